The molecular formula is C21H29FN2O4. The molecule has 1 unspecified atom stereocenters. The van der Waals surface area contributed by atoms with Gasteiger partial charge in [-0.1, -0.05) is 0 Å². The first-order valence-corrected chi connectivity index (χ1v) is 10.2. The molecule has 7 heteroatoms. The Morgan fingerprint density at radius 2 is 1.79 bits per heavy atom. The highest BCUT2D eigenvalue weighted by molar-refractivity contribution is 5.79. The Hall–Kier alpha value is -1.70. The Bertz CT molecular complexity index is 655. The summed E-state index contributed by atoms with van der Waals surface area (Å²) < 4.78 is 29.8. The molecule has 3 aliphatic rings. The van der Waals surface area contributed by atoms with E-state index in [-0.39, 0.29) is 23.3 Å². The van der Waals surface area contributed by atoms with Crippen LogP contribution in [0.1, 0.15) is 19.3 Å². The van der Waals surface area contributed by atoms with E-state index in [1.807, 2.05) is 0 Å². The van der Waals surface area contributed by atoms with Crippen LogP contribution in [0.5, 0.6) is 5.75 Å². The third kappa shape index (κ3) is 4.64. The van der Waals surface area contributed by atoms with Gasteiger partial charge in [0.2, 0.25) is 0 Å². The second-order valence-electron chi connectivity index (χ2n) is 8.07. The topological polar surface area (TPSA) is 51.2 Å². The van der Waals surface area contributed by atoms with E-state index in [2.05, 4.69) is 9.80 Å². The fraction of sp³-hybridized carbons (Fsp3) is 0.667. The largest absolute Gasteiger partial charge is 0.492 e. The SMILES string of the molecule is O=C1OC(CN2CCOCC2)CC12CCN(CCOc1ccc(F)cc1)CC2. The summed E-state index contributed by atoms with van der Waals surface area (Å²) in [6.45, 7) is 7.32. The van der Waals surface area contributed by atoms with Crippen LogP contribution in [-0.4, -0.2) is 81.0 Å². The van der Waals surface area contributed by atoms with Crippen LogP contribution in [0.4, 0.5) is 4.39 Å². The number of ether oxygens (including phenoxy) is 3. The summed E-state index contributed by atoms with van der Waals surface area (Å²) in [4.78, 5) is 17.3. The molecule has 3 aliphatic heterocycles. The van der Waals surface area contributed by atoms with Gasteiger partial charge >= 0.3 is 5.97 Å². The quantitative estimate of drug-likeness (QED) is 0.690. The molecule has 4 rings (SSSR count). The Morgan fingerprint density at radius 3 is 2.50 bits per heavy atom. The van der Waals surface area contributed by atoms with E-state index in [4.69, 9.17) is 14.2 Å². The normalized spacial score (nSPS) is 25.8. The van der Waals surface area contributed by atoms with Crippen LogP contribution in [0.15, 0.2) is 24.3 Å². The Balaban J connectivity index is 1.20. The van der Waals surface area contributed by atoms with Crippen LogP contribution >= 0.6 is 0 Å². The van der Waals surface area contributed by atoms with Crippen molar-refractivity contribution >= 4 is 5.97 Å². The van der Waals surface area contributed by atoms with Gasteiger partial charge in [0.1, 0.15) is 24.3 Å². The summed E-state index contributed by atoms with van der Waals surface area (Å²) in [5.41, 5.74) is -0.300. The minimum absolute atomic E-state index is 0.00651. The van der Waals surface area contributed by atoms with Crippen molar-refractivity contribution < 1.29 is 23.4 Å². The maximum absolute atomic E-state index is 12.9. The van der Waals surface area contributed by atoms with Gasteiger partial charge in [-0.15, -0.1) is 0 Å². The van der Waals surface area contributed by atoms with Crippen molar-refractivity contribution in [1.29, 1.82) is 0 Å². The summed E-state index contributed by atoms with van der Waals surface area (Å²) in [5.74, 6) is 0.414. The standard InChI is InChI=1S/C21H29FN2O4/c22-17-1-3-18(4-2-17)27-14-11-23-7-5-21(6-8-23)15-19(28-20(21)25)16-24-9-12-26-13-10-24/h1-4,19H,5-16H2. The lowest BCUT2D eigenvalue weighted by Gasteiger charge is -2.36. The van der Waals surface area contributed by atoms with E-state index in [9.17, 15) is 9.18 Å². The number of carbonyl (C=O) groups is 1. The number of nitrogens with zero attached hydrogens (tertiary/aromatic N) is 2. The molecule has 1 atom stereocenters. The second kappa shape index (κ2) is 8.76. The lowest BCUT2D eigenvalue weighted by Crippen LogP contribution is -2.44. The van der Waals surface area contributed by atoms with Gasteiger partial charge < -0.3 is 14.2 Å². The molecule has 3 fully saturated rings. The lowest BCUT2D eigenvalue weighted by molar-refractivity contribution is -0.151. The predicted octanol–water partition coefficient (Wildman–Crippen LogP) is 1.93. The van der Waals surface area contributed by atoms with Crippen molar-refractivity contribution in [2.75, 3.05) is 59.1 Å². The number of morpholine rings is 1. The minimum Gasteiger partial charge on any atom is -0.492 e. The monoisotopic (exact) mass is 392 g/mol. The number of esters is 1. The number of likely N-dealkylation sites (tertiary alicyclic amines) is 1. The number of piperidine rings is 1. The summed E-state index contributed by atoms with van der Waals surface area (Å²) in [6.07, 6.45) is 2.55. The lowest BCUT2D eigenvalue weighted by atomic mass is 9.76. The molecular weight excluding hydrogens is 363 g/mol. The highest BCUT2D eigenvalue weighted by atomic mass is 19.1. The summed E-state index contributed by atoms with van der Waals surface area (Å²) >= 11 is 0. The molecule has 1 aromatic carbocycles. The number of halogens is 1. The smallest absolute Gasteiger partial charge is 0.312 e. The number of carbonyl (C=O) groups excluding carboxylic acids is 1. The van der Waals surface area contributed by atoms with E-state index < -0.39 is 0 Å². The van der Waals surface area contributed by atoms with Crippen LogP contribution < -0.4 is 4.74 Å². The molecule has 1 aromatic rings. The fourth-order valence-electron chi connectivity index (χ4n) is 4.45. The highest BCUT2D eigenvalue weighted by Gasteiger charge is 2.50. The Labute approximate surface area is 165 Å². The third-order valence-corrected chi connectivity index (χ3v) is 6.19. The molecule has 6 nitrogen and oxygen atoms in total. The van der Waals surface area contributed by atoms with Crippen molar-refractivity contribution in [3.8, 4) is 5.75 Å². The maximum atomic E-state index is 12.9. The molecule has 0 amide bonds. The number of hydrogen-bond donors (Lipinski definition) is 0. The molecule has 154 valence electrons. The molecule has 0 radical (unpaired) electrons. The first kappa shape index (κ1) is 19.6. The zero-order chi connectivity index (χ0) is 19.4. The van der Waals surface area contributed by atoms with E-state index >= 15 is 0 Å². The van der Waals surface area contributed by atoms with Gasteiger partial charge in [-0.3, -0.25) is 14.6 Å². The Kier molecular flexibility index (Phi) is 6.13. The molecule has 1 spiro atoms. The fourth-order valence-corrected chi connectivity index (χ4v) is 4.45. The van der Waals surface area contributed by atoms with Crippen LogP contribution in [0.3, 0.4) is 0 Å². The van der Waals surface area contributed by atoms with Crippen LogP contribution in [0.25, 0.3) is 0 Å². The van der Waals surface area contributed by atoms with Gasteiger partial charge in [-0.25, -0.2) is 4.39 Å². The van der Waals surface area contributed by atoms with Crippen LogP contribution in [-0.2, 0) is 14.3 Å². The summed E-state index contributed by atoms with van der Waals surface area (Å²) in [7, 11) is 0. The van der Waals surface area contributed by atoms with Gasteiger partial charge in [-0.2, -0.15) is 0 Å². The van der Waals surface area contributed by atoms with E-state index in [1.54, 1.807) is 12.1 Å². The molecule has 0 N–H and O–H groups in total. The van der Waals surface area contributed by atoms with E-state index in [1.165, 1.54) is 12.1 Å². The minimum atomic E-state index is -0.300. The van der Waals surface area contributed by atoms with Crippen molar-refractivity contribution in [1.82, 2.24) is 9.80 Å². The molecule has 28 heavy (non-hydrogen) atoms. The number of benzene rings is 1. The molecule has 0 bridgehead atoms. The molecule has 0 aliphatic carbocycles. The number of cyclic esters (lactones) is 1. The van der Waals surface area contributed by atoms with Gasteiger partial charge in [0.25, 0.3) is 0 Å². The maximum Gasteiger partial charge on any atom is 0.312 e. The van der Waals surface area contributed by atoms with Crippen molar-refractivity contribution in [3.63, 3.8) is 0 Å². The van der Waals surface area contributed by atoms with Crippen molar-refractivity contribution in [3.05, 3.63) is 30.1 Å². The Morgan fingerprint density at radius 1 is 1.07 bits per heavy atom. The predicted molar refractivity (Wildman–Crippen MR) is 102 cm³/mol. The third-order valence-electron chi connectivity index (χ3n) is 6.19. The number of hydrogen-bond acceptors (Lipinski definition) is 6. The average Bonchev–Trinajstić information content (AvgIpc) is 3.00. The molecule has 0 saturated carbocycles. The van der Waals surface area contributed by atoms with Gasteiger partial charge in [0.05, 0.1) is 18.6 Å². The van der Waals surface area contributed by atoms with E-state index in [0.717, 1.165) is 71.7 Å². The van der Waals surface area contributed by atoms with Crippen molar-refractivity contribution in [2.24, 2.45) is 5.41 Å². The first-order valence-electron chi connectivity index (χ1n) is 10.2. The van der Waals surface area contributed by atoms with E-state index in [0.29, 0.717) is 12.4 Å². The highest BCUT2D eigenvalue weighted by Crippen LogP contribution is 2.43. The van der Waals surface area contributed by atoms with Crippen LogP contribution in [0, 0.1) is 11.2 Å². The molecule has 3 saturated heterocycles. The summed E-state index contributed by atoms with van der Waals surface area (Å²) in [5, 5.41) is 0. The number of rotatable bonds is 6. The average molecular weight is 392 g/mol. The molecule has 0 aromatic heterocycles. The molecule has 3 heterocycles. The zero-order valence-corrected chi connectivity index (χ0v) is 16.3. The van der Waals surface area contributed by atoms with Gasteiger partial charge in [0.15, 0.2) is 0 Å². The zero-order valence-electron chi connectivity index (χ0n) is 16.3. The summed E-state index contributed by atoms with van der Waals surface area (Å²) in [6, 6.07) is 6.09. The van der Waals surface area contributed by atoms with Gasteiger partial charge in [-0.05, 0) is 50.2 Å². The van der Waals surface area contributed by atoms with Crippen molar-refractivity contribution in [2.45, 2.75) is 25.4 Å². The second-order valence-corrected chi connectivity index (χ2v) is 8.07. The van der Waals surface area contributed by atoms with Gasteiger partial charge in [0, 0.05) is 32.6 Å². The first-order chi connectivity index (χ1) is 13.6. The van der Waals surface area contributed by atoms with Crippen LogP contribution in [0.2, 0.25) is 0 Å².